The topological polar surface area (TPSA) is 85.1 Å². The first-order chi connectivity index (χ1) is 9.29. The van der Waals surface area contributed by atoms with E-state index in [1.54, 1.807) is 32.0 Å². The van der Waals surface area contributed by atoms with Crippen LogP contribution in [-0.4, -0.2) is 13.4 Å². The summed E-state index contributed by atoms with van der Waals surface area (Å²) < 4.78 is 27.2. The fraction of sp³-hybridized carbons (Fsp3) is 0.154. The summed E-state index contributed by atoms with van der Waals surface area (Å²) in [6, 6.07) is 7.96. The van der Waals surface area contributed by atoms with Crippen molar-refractivity contribution < 1.29 is 8.42 Å². The largest absolute Gasteiger partial charge is 0.398 e. The summed E-state index contributed by atoms with van der Waals surface area (Å²) in [6.45, 7) is 3.41. The maximum absolute atomic E-state index is 12.4. The van der Waals surface area contributed by atoms with E-state index in [9.17, 15) is 8.42 Å². The monoisotopic (exact) mass is 311 g/mol. The van der Waals surface area contributed by atoms with Crippen molar-refractivity contribution in [2.45, 2.75) is 18.7 Å². The Morgan fingerprint density at radius 3 is 2.60 bits per heavy atom. The number of aryl methyl sites for hydroxylation is 1. The predicted octanol–water partition coefficient (Wildman–Crippen LogP) is 2.73. The van der Waals surface area contributed by atoms with E-state index in [1.165, 1.54) is 12.1 Å². The summed E-state index contributed by atoms with van der Waals surface area (Å²) >= 11 is 5.87. The van der Waals surface area contributed by atoms with Crippen LogP contribution >= 0.6 is 11.6 Å². The van der Waals surface area contributed by atoms with Crippen molar-refractivity contribution in [2.24, 2.45) is 0 Å². The van der Waals surface area contributed by atoms with Gasteiger partial charge in [0.1, 0.15) is 5.82 Å². The molecule has 0 unspecified atom stereocenters. The van der Waals surface area contributed by atoms with Gasteiger partial charge in [-0.3, -0.25) is 4.72 Å². The number of hydrogen-bond acceptors (Lipinski definition) is 4. The van der Waals surface area contributed by atoms with Crippen LogP contribution in [0.15, 0.2) is 35.2 Å². The average Bonchev–Trinajstić information content (AvgIpc) is 2.33. The number of nitrogens with two attached hydrogens (primary N) is 1. The van der Waals surface area contributed by atoms with E-state index in [0.29, 0.717) is 16.9 Å². The molecule has 1 aromatic carbocycles. The molecule has 7 heteroatoms. The Morgan fingerprint density at radius 1 is 1.25 bits per heavy atom. The Bertz CT molecular complexity index is 760. The van der Waals surface area contributed by atoms with Crippen LogP contribution in [-0.2, 0) is 10.0 Å². The highest BCUT2D eigenvalue weighted by molar-refractivity contribution is 7.92. The number of nitrogens with zero attached hydrogens (tertiary/aromatic N) is 1. The first-order valence-corrected chi connectivity index (χ1v) is 7.68. The first kappa shape index (κ1) is 14.6. The molecule has 1 heterocycles. The molecule has 0 aliphatic carbocycles. The summed E-state index contributed by atoms with van der Waals surface area (Å²) in [5.41, 5.74) is 7.24. The number of pyridine rings is 1. The predicted molar refractivity (Wildman–Crippen MR) is 80.4 cm³/mol. The standard InChI is InChI=1S/C13H14ClN3O2S/c1-8-4-3-5-13(16-8)17-20(18,19)12-7-10(14)6-11(15)9(12)2/h3-7H,15H2,1-2H3,(H,16,17). The quantitative estimate of drug-likeness (QED) is 0.853. The Morgan fingerprint density at radius 2 is 1.95 bits per heavy atom. The summed E-state index contributed by atoms with van der Waals surface area (Å²) in [5.74, 6) is 0.253. The number of nitrogens with one attached hydrogen (secondary N) is 1. The molecule has 5 nitrogen and oxygen atoms in total. The fourth-order valence-corrected chi connectivity index (χ4v) is 3.34. The van der Waals surface area contributed by atoms with Gasteiger partial charge in [0.05, 0.1) is 4.90 Å². The van der Waals surface area contributed by atoms with Crippen molar-refractivity contribution in [2.75, 3.05) is 10.5 Å². The van der Waals surface area contributed by atoms with Crippen molar-refractivity contribution in [3.05, 3.63) is 46.6 Å². The lowest BCUT2D eigenvalue weighted by Crippen LogP contribution is -2.16. The normalized spacial score (nSPS) is 11.3. The molecule has 20 heavy (non-hydrogen) atoms. The molecule has 1 aromatic heterocycles. The van der Waals surface area contributed by atoms with Gasteiger partial charge in [-0.25, -0.2) is 13.4 Å². The van der Waals surface area contributed by atoms with Gasteiger partial charge in [0, 0.05) is 16.4 Å². The molecule has 0 saturated carbocycles. The second-order valence-electron chi connectivity index (χ2n) is 4.39. The fourth-order valence-electron chi connectivity index (χ4n) is 1.75. The van der Waals surface area contributed by atoms with Crippen LogP contribution in [0, 0.1) is 13.8 Å². The van der Waals surface area contributed by atoms with Crippen LogP contribution in [0.2, 0.25) is 5.02 Å². The van der Waals surface area contributed by atoms with E-state index in [1.807, 2.05) is 0 Å². The average molecular weight is 312 g/mol. The molecule has 0 spiro atoms. The highest BCUT2D eigenvalue weighted by Crippen LogP contribution is 2.27. The smallest absolute Gasteiger partial charge is 0.263 e. The molecular weight excluding hydrogens is 298 g/mol. The van der Waals surface area contributed by atoms with E-state index in [2.05, 4.69) is 9.71 Å². The zero-order chi connectivity index (χ0) is 14.9. The molecule has 3 N–H and O–H groups in total. The second kappa shape index (κ2) is 5.30. The molecule has 0 saturated heterocycles. The lowest BCUT2D eigenvalue weighted by atomic mass is 10.2. The molecule has 0 radical (unpaired) electrons. The number of aromatic nitrogens is 1. The van der Waals surface area contributed by atoms with E-state index < -0.39 is 10.0 Å². The lowest BCUT2D eigenvalue weighted by molar-refractivity contribution is 0.600. The molecule has 0 fully saturated rings. The molecule has 0 aliphatic heterocycles. The summed E-state index contributed by atoms with van der Waals surface area (Å²) in [5, 5.41) is 0.269. The van der Waals surface area contributed by atoms with Crippen LogP contribution in [0.5, 0.6) is 0 Å². The van der Waals surface area contributed by atoms with Crippen molar-refractivity contribution in [1.29, 1.82) is 0 Å². The summed E-state index contributed by atoms with van der Waals surface area (Å²) in [4.78, 5) is 4.15. The Kier molecular flexibility index (Phi) is 3.87. The van der Waals surface area contributed by atoms with Gasteiger partial charge in [0.15, 0.2) is 0 Å². The number of benzene rings is 1. The summed E-state index contributed by atoms with van der Waals surface area (Å²) in [7, 11) is -3.78. The molecule has 0 amide bonds. The maximum Gasteiger partial charge on any atom is 0.263 e. The zero-order valence-corrected chi connectivity index (χ0v) is 12.6. The van der Waals surface area contributed by atoms with Gasteiger partial charge in [0.25, 0.3) is 10.0 Å². The van der Waals surface area contributed by atoms with Gasteiger partial charge in [-0.1, -0.05) is 17.7 Å². The third kappa shape index (κ3) is 3.02. The first-order valence-electron chi connectivity index (χ1n) is 5.82. The minimum Gasteiger partial charge on any atom is -0.398 e. The van der Waals surface area contributed by atoms with E-state index in [4.69, 9.17) is 17.3 Å². The number of halogens is 1. The van der Waals surface area contributed by atoms with Crippen LogP contribution in [0.4, 0.5) is 11.5 Å². The highest BCUT2D eigenvalue weighted by atomic mass is 35.5. The molecule has 0 atom stereocenters. The van der Waals surface area contributed by atoms with Crippen LogP contribution < -0.4 is 10.5 Å². The van der Waals surface area contributed by atoms with Crippen molar-refractivity contribution >= 4 is 33.1 Å². The second-order valence-corrected chi connectivity index (χ2v) is 6.48. The third-order valence-electron chi connectivity index (χ3n) is 2.78. The zero-order valence-electron chi connectivity index (χ0n) is 11.0. The van der Waals surface area contributed by atoms with Gasteiger partial charge in [-0.05, 0) is 43.7 Å². The van der Waals surface area contributed by atoms with Gasteiger partial charge in [0.2, 0.25) is 0 Å². The molecule has 0 bridgehead atoms. The molecule has 0 aliphatic rings. The van der Waals surface area contributed by atoms with Crippen LogP contribution in [0.25, 0.3) is 0 Å². The molecule has 2 rings (SSSR count). The highest BCUT2D eigenvalue weighted by Gasteiger charge is 2.19. The number of hydrogen-bond donors (Lipinski definition) is 2. The van der Waals surface area contributed by atoms with E-state index in [-0.39, 0.29) is 15.7 Å². The SMILES string of the molecule is Cc1cccc(NS(=O)(=O)c2cc(Cl)cc(N)c2C)n1. The van der Waals surface area contributed by atoms with E-state index >= 15 is 0 Å². The molecule has 106 valence electrons. The molecule has 2 aromatic rings. The number of anilines is 2. The van der Waals surface area contributed by atoms with Gasteiger partial charge in [-0.2, -0.15) is 0 Å². The maximum atomic E-state index is 12.4. The summed E-state index contributed by atoms with van der Waals surface area (Å²) in [6.07, 6.45) is 0. The van der Waals surface area contributed by atoms with Crippen molar-refractivity contribution in [1.82, 2.24) is 4.98 Å². The lowest BCUT2D eigenvalue weighted by Gasteiger charge is -2.12. The molecular formula is C13H14ClN3O2S. The van der Waals surface area contributed by atoms with E-state index in [0.717, 1.165) is 0 Å². The van der Waals surface area contributed by atoms with Gasteiger partial charge < -0.3 is 5.73 Å². The number of nitrogen functional groups attached to an aromatic ring is 1. The van der Waals surface area contributed by atoms with Gasteiger partial charge >= 0.3 is 0 Å². The minimum atomic E-state index is -3.78. The minimum absolute atomic E-state index is 0.0470. The number of sulfonamides is 1. The Labute approximate surface area is 122 Å². The van der Waals surface area contributed by atoms with Crippen LogP contribution in [0.3, 0.4) is 0 Å². The van der Waals surface area contributed by atoms with Crippen molar-refractivity contribution in [3.63, 3.8) is 0 Å². The third-order valence-corrected chi connectivity index (χ3v) is 4.48. The number of rotatable bonds is 3. The Hall–Kier alpha value is -1.79. The Balaban J connectivity index is 2.46. The van der Waals surface area contributed by atoms with Gasteiger partial charge in [-0.15, -0.1) is 0 Å². The van der Waals surface area contributed by atoms with Crippen LogP contribution in [0.1, 0.15) is 11.3 Å². The van der Waals surface area contributed by atoms with Crippen molar-refractivity contribution in [3.8, 4) is 0 Å².